The fourth-order valence-corrected chi connectivity index (χ4v) is 3.41. The molecule has 0 spiro atoms. The number of likely N-dealkylation sites (tertiary alicyclic amines) is 1. The standard InChI is InChI=1S/C20H24N2O4/c1-14-18(8-5-9-22(14)13-15-6-3-2-4-7-15)26-20(25)17-10-16(19(23)24)11-21-12-17/h2-4,6-7,11-12,14,18,21H,5,8-10,13H2,1H3,(H,23,24)/t14-,18?/m1/s1. The van der Waals surface area contributed by atoms with Gasteiger partial charge in [0.1, 0.15) is 6.10 Å². The summed E-state index contributed by atoms with van der Waals surface area (Å²) in [5.74, 6) is -1.47. The molecule has 0 saturated carbocycles. The van der Waals surface area contributed by atoms with E-state index in [1.54, 1.807) is 0 Å². The van der Waals surface area contributed by atoms with Gasteiger partial charge in [0.15, 0.2) is 0 Å². The molecule has 1 aromatic rings. The molecule has 3 rings (SSSR count). The summed E-state index contributed by atoms with van der Waals surface area (Å²) in [6.07, 6.45) is 4.58. The highest BCUT2D eigenvalue weighted by atomic mass is 16.5. The van der Waals surface area contributed by atoms with E-state index in [-0.39, 0.29) is 24.1 Å². The van der Waals surface area contributed by atoms with Crippen LogP contribution < -0.4 is 5.32 Å². The number of carboxylic acid groups (broad SMARTS) is 1. The lowest BCUT2D eigenvalue weighted by atomic mass is 9.98. The zero-order valence-corrected chi connectivity index (χ0v) is 14.9. The van der Waals surface area contributed by atoms with Gasteiger partial charge in [-0.2, -0.15) is 0 Å². The number of ether oxygens (including phenoxy) is 1. The number of rotatable bonds is 5. The van der Waals surface area contributed by atoms with Crippen LogP contribution in [0, 0.1) is 0 Å². The van der Waals surface area contributed by atoms with E-state index in [1.165, 1.54) is 18.0 Å². The number of benzene rings is 1. The molecule has 0 aromatic heterocycles. The van der Waals surface area contributed by atoms with Crippen molar-refractivity contribution in [3.8, 4) is 0 Å². The number of carbonyl (C=O) groups is 2. The largest absolute Gasteiger partial charge is 0.478 e. The Labute approximate surface area is 153 Å². The Balaban J connectivity index is 1.59. The highest BCUT2D eigenvalue weighted by Gasteiger charge is 2.32. The molecule has 2 atom stereocenters. The summed E-state index contributed by atoms with van der Waals surface area (Å²) in [7, 11) is 0. The van der Waals surface area contributed by atoms with Crippen molar-refractivity contribution < 1.29 is 19.4 Å². The van der Waals surface area contributed by atoms with E-state index >= 15 is 0 Å². The van der Waals surface area contributed by atoms with Crippen LogP contribution in [0.2, 0.25) is 0 Å². The quantitative estimate of drug-likeness (QED) is 0.789. The van der Waals surface area contributed by atoms with Gasteiger partial charge in [-0.1, -0.05) is 30.3 Å². The second-order valence-electron chi connectivity index (χ2n) is 6.77. The lowest BCUT2D eigenvalue weighted by Gasteiger charge is -2.39. The van der Waals surface area contributed by atoms with Gasteiger partial charge in [0, 0.05) is 31.4 Å². The minimum absolute atomic E-state index is 0.0794. The monoisotopic (exact) mass is 356 g/mol. The molecule has 2 N–H and O–H groups in total. The highest BCUT2D eigenvalue weighted by molar-refractivity contribution is 5.94. The SMILES string of the molecule is C[C@@H]1C(OC(=O)C2=CNC=C(C(=O)O)C2)CCCN1Cc1ccccc1. The number of esters is 1. The normalized spacial score (nSPS) is 23.4. The Morgan fingerprint density at radius 2 is 1.96 bits per heavy atom. The zero-order valence-electron chi connectivity index (χ0n) is 14.9. The minimum Gasteiger partial charge on any atom is -0.478 e. The third-order valence-electron chi connectivity index (χ3n) is 4.97. The summed E-state index contributed by atoms with van der Waals surface area (Å²) < 4.78 is 5.73. The van der Waals surface area contributed by atoms with Crippen LogP contribution in [0.5, 0.6) is 0 Å². The maximum absolute atomic E-state index is 12.5. The molecule has 26 heavy (non-hydrogen) atoms. The smallest absolute Gasteiger partial charge is 0.336 e. The van der Waals surface area contributed by atoms with E-state index in [1.807, 2.05) is 18.2 Å². The van der Waals surface area contributed by atoms with Crippen LogP contribution in [-0.4, -0.2) is 40.6 Å². The van der Waals surface area contributed by atoms with Crippen LogP contribution in [0.15, 0.2) is 53.9 Å². The first-order chi connectivity index (χ1) is 12.5. The molecule has 1 aromatic carbocycles. The van der Waals surface area contributed by atoms with Gasteiger partial charge >= 0.3 is 11.9 Å². The molecule has 2 aliphatic heterocycles. The van der Waals surface area contributed by atoms with Crippen LogP contribution in [0.1, 0.15) is 31.7 Å². The fraction of sp³-hybridized carbons (Fsp3) is 0.400. The van der Waals surface area contributed by atoms with Crippen LogP contribution in [0.3, 0.4) is 0 Å². The lowest BCUT2D eigenvalue weighted by Crippen LogP contribution is -2.47. The average molecular weight is 356 g/mol. The van der Waals surface area contributed by atoms with E-state index in [0.29, 0.717) is 5.57 Å². The van der Waals surface area contributed by atoms with Crippen molar-refractivity contribution >= 4 is 11.9 Å². The first-order valence-electron chi connectivity index (χ1n) is 8.91. The lowest BCUT2D eigenvalue weighted by molar-refractivity contribution is -0.150. The first kappa shape index (κ1) is 18.2. The molecule has 2 heterocycles. The number of hydrogen-bond donors (Lipinski definition) is 2. The summed E-state index contributed by atoms with van der Waals surface area (Å²) >= 11 is 0. The van der Waals surface area contributed by atoms with Crippen molar-refractivity contribution in [2.24, 2.45) is 0 Å². The number of nitrogens with one attached hydrogen (secondary N) is 1. The van der Waals surface area contributed by atoms with Crippen molar-refractivity contribution in [2.75, 3.05) is 6.54 Å². The molecule has 1 fully saturated rings. The van der Waals surface area contributed by atoms with Crippen molar-refractivity contribution in [3.05, 3.63) is 59.4 Å². The average Bonchev–Trinajstić information content (AvgIpc) is 2.66. The Hall–Kier alpha value is -2.60. The summed E-state index contributed by atoms with van der Waals surface area (Å²) in [5.41, 5.74) is 1.74. The van der Waals surface area contributed by atoms with Crippen LogP contribution in [0.4, 0.5) is 0 Å². The van der Waals surface area contributed by atoms with Gasteiger partial charge in [-0.05, 0) is 31.9 Å². The molecule has 1 unspecified atom stereocenters. The molecule has 0 aliphatic carbocycles. The predicted octanol–water partition coefficient (Wildman–Crippen LogP) is 2.43. The zero-order chi connectivity index (χ0) is 18.5. The fourth-order valence-electron chi connectivity index (χ4n) is 3.41. The van der Waals surface area contributed by atoms with Gasteiger partial charge in [0.2, 0.25) is 0 Å². The van der Waals surface area contributed by atoms with E-state index in [9.17, 15) is 9.59 Å². The van der Waals surface area contributed by atoms with Gasteiger partial charge in [-0.3, -0.25) is 4.90 Å². The first-order valence-corrected chi connectivity index (χ1v) is 8.91. The number of dihydropyridines is 1. The van der Waals surface area contributed by atoms with Gasteiger partial charge < -0.3 is 15.2 Å². The van der Waals surface area contributed by atoms with Crippen LogP contribution in [0.25, 0.3) is 0 Å². The van der Waals surface area contributed by atoms with E-state index < -0.39 is 11.9 Å². The van der Waals surface area contributed by atoms with Crippen LogP contribution >= 0.6 is 0 Å². The van der Waals surface area contributed by atoms with Gasteiger partial charge in [0.25, 0.3) is 0 Å². The summed E-state index contributed by atoms with van der Waals surface area (Å²) in [5, 5.41) is 11.8. The Kier molecular flexibility index (Phi) is 5.73. The number of aliphatic carboxylic acids is 1. The summed E-state index contributed by atoms with van der Waals surface area (Å²) in [4.78, 5) is 25.9. The van der Waals surface area contributed by atoms with Gasteiger partial charge in [0.05, 0.1) is 11.1 Å². The molecule has 0 bridgehead atoms. The maximum atomic E-state index is 12.5. The molecule has 6 heteroatoms. The Morgan fingerprint density at radius 3 is 2.69 bits per heavy atom. The highest BCUT2D eigenvalue weighted by Crippen LogP contribution is 2.24. The molecule has 6 nitrogen and oxygen atoms in total. The predicted molar refractivity (Wildman–Crippen MR) is 97.0 cm³/mol. The van der Waals surface area contributed by atoms with Crippen molar-refractivity contribution in [2.45, 2.75) is 44.9 Å². The molecule has 0 amide bonds. The number of carbonyl (C=O) groups excluding carboxylic acids is 1. The number of piperidine rings is 1. The van der Waals surface area contributed by atoms with E-state index in [0.717, 1.165) is 25.9 Å². The minimum atomic E-state index is -1.03. The third-order valence-corrected chi connectivity index (χ3v) is 4.97. The summed E-state index contributed by atoms with van der Waals surface area (Å²) in [6, 6.07) is 10.4. The number of nitrogens with zero attached hydrogens (tertiary/aromatic N) is 1. The molecule has 2 aliphatic rings. The Bertz CT molecular complexity index is 727. The third kappa shape index (κ3) is 4.32. The second-order valence-corrected chi connectivity index (χ2v) is 6.77. The molecular weight excluding hydrogens is 332 g/mol. The van der Waals surface area contributed by atoms with Gasteiger partial charge in [-0.15, -0.1) is 0 Å². The van der Waals surface area contributed by atoms with Gasteiger partial charge in [-0.25, -0.2) is 9.59 Å². The Morgan fingerprint density at radius 1 is 1.23 bits per heavy atom. The number of carboxylic acids is 1. The maximum Gasteiger partial charge on any atom is 0.336 e. The second kappa shape index (κ2) is 8.19. The summed E-state index contributed by atoms with van der Waals surface area (Å²) in [6.45, 7) is 3.88. The molecular formula is C20H24N2O4. The van der Waals surface area contributed by atoms with Crippen LogP contribution in [-0.2, 0) is 20.9 Å². The molecule has 0 radical (unpaired) electrons. The topological polar surface area (TPSA) is 78.9 Å². The molecule has 138 valence electrons. The van der Waals surface area contributed by atoms with Crippen molar-refractivity contribution in [3.63, 3.8) is 0 Å². The van der Waals surface area contributed by atoms with E-state index in [2.05, 4.69) is 29.3 Å². The van der Waals surface area contributed by atoms with Crippen molar-refractivity contribution in [1.82, 2.24) is 10.2 Å². The molecule has 1 saturated heterocycles. The number of hydrogen-bond acceptors (Lipinski definition) is 5. The van der Waals surface area contributed by atoms with Crippen molar-refractivity contribution in [1.29, 1.82) is 0 Å². The van der Waals surface area contributed by atoms with E-state index in [4.69, 9.17) is 9.84 Å².